The van der Waals surface area contributed by atoms with Crippen LogP contribution in [-0.2, 0) is 12.8 Å². The van der Waals surface area contributed by atoms with Crippen molar-refractivity contribution in [1.29, 1.82) is 0 Å². The third kappa shape index (κ3) is 3.67. The van der Waals surface area contributed by atoms with Crippen LogP contribution < -0.4 is 0 Å². The molecule has 1 N–H and O–H groups in total. The Morgan fingerprint density at radius 3 is 2.63 bits per heavy atom. The molecule has 0 bridgehead atoms. The molecule has 0 heterocycles. The Bertz CT molecular complexity index is 431. The summed E-state index contributed by atoms with van der Waals surface area (Å²) in [5.41, 5.74) is 2.73. The maximum Gasteiger partial charge on any atom is 0.115 e. The van der Waals surface area contributed by atoms with Crippen molar-refractivity contribution in [2.45, 2.75) is 38.0 Å². The molecule has 1 aromatic rings. The van der Waals surface area contributed by atoms with Crippen molar-refractivity contribution >= 4 is 11.8 Å². The number of phenolic OH excluding ortho intramolecular Hbond substituents is 1. The normalized spacial score (nSPS) is 22.8. The predicted octanol–water partition coefficient (Wildman–Crippen LogP) is 3.18. The molecule has 0 spiro atoms. The monoisotopic (exact) mass is 279 g/mol. The van der Waals surface area contributed by atoms with Crippen molar-refractivity contribution in [3.8, 4) is 5.75 Å². The molecule has 0 saturated heterocycles. The highest BCUT2D eigenvalue weighted by atomic mass is 32.2. The first kappa shape index (κ1) is 14.7. The quantitative estimate of drug-likeness (QED) is 0.915. The van der Waals surface area contributed by atoms with Crippen LogP contribution in [0.3, 0.4) is 0 Å². The maximum absolute atomic E-state index is 9.64. The molecule has 106 valence electrons. The van der Waals surface area contributed by atoms with E-state index in [1.54, 1.807) is 0 Å². The summed E-state index contributed by atoms with van der Waals surface area (Å²) in [7, 11) is 4.34. The fourth-order valence-corrected chi connectivity index (χ4v) is 4.20. The summed E-state index contributed by atoms with van der Waals surface area (Å²) in [6.07, 6.45) is 2.17. The molecule has 0 fully saturated rings. The first-order valence-electron chi connectivity index (χ1n) is 7.06. The first-order chi connectivity index (χ1) is 8.97. The molecule has 19 heavy (non-hydrogen) atoms. The van der Waals surface area contributed by atoms with E-state index in [0.717, 1.165) is 18.8 Å². The minimum absolute atomic E-state index is 0.393. The third-order valence-corrected chi connectivity index (χ3v) is 5.54. The van der Waals surface area contributed by atoms with Crippen LogP contribution in [0.5, 0.6) is 5.75 Å². The highest BCUT2D eigenvalue weighted by molar-refractivity contribution is 7.99. The number of thioether (sulfide) groups is 1. The minimum atomic E-state index is 0.393. The fraction of sp³-hybridized carbons (Fsp3) is 0.625. The number of rotatable bonds is 4. The number of nitrogens with zero attached hydrogens (tertiary/aromatic N) is 1. The molecule has 0 aromatic heterocycles. The van der Waals surface area contributed by atoms with E-state index >= 15 is 0 Å². The van der Waals surface area contributed by atoms with Crippen LogP contribution in [0.25, 0.3) is 0 Å². The smallest absolute Gasteiger partial charge is 0.115 e. The number of likely N-dealkylation sites (N-methyl/N-ethyl adjacent to an activating group) is 1. The highest BCUT2D eigenvalue weighted by Crippen LogP contribution is 2.33. The van der Waals surface area contributed by atoms with E-state index in [9.17, 15) is 5.11 Å². The maximum atomic E-state index is 9.64. The average Bonchev–Trinajstić information content (AvgIpc) is 2.35. The van der Waals surface area contributed by atoms with Gasteiger partial charge in [-0.1, -0.05) is 19.9 Å². The SMILES string of the molecule is CC(C)CSC1Cc2ccc(O)cc2CC1N(C)C. The summed E-state index contributed by atoms with van der Waals surface area (Å²) < 4.78 is 0. The van der Waals surface area contributed by atoms with Crippen LogP contribution in [-0.4, -0.2) is 41.1 Å². The van der Waals surface area contributed by atoms with Crippen molar-refractivity contribution in [2.24, 2.45) is 5.92 Å². The Kier molecular flexibility index (Phi) is 4.80. The first-order valence-corrected chi connectivity index (χ1v) is 8.11. The molecule has 2 nitrogen and oxygen atoms in total. The number of hydrogen-bond donors (Lipinski definition) is 1. The largest absolute Gasteiger partial charge is 0.508 e. The van der Waals surface area contributed by atoms with Gasteiger partial charge in [0, 0.05) is 11.3 Å². The number of fused-ring (bicyclic) bond motifs is 1. The van der Waals surface area contributed by atoms with Gasteiger partial charge in [0.1, 0.15) is 5.75 Å². The third-order valence-electron chi connectivity index (χ3n) is 3.78. The Balaban J connectivity index is 2.17. The molecule has 0 saturated carbocycles. The summed E-state index contributed by atoms with van der Waals surface area (Å²) in [6, 6.07) is 6.42. The molecule has 3 heteroatoms. The number of phenols is 1. The van der Waals surface area contributed by atoms with E-state index in [0.29, 0.717) is 17.0 Å². The summed E-state index contributed by atoms with van der Waals surface area (Å²) in [5.74, 6) is 2.36. The Morgan fingerprint density at radius 2 is 2.00 bits per heavy atom. The zero-order valence-corrected chi connectivity index (χ0v) is 13.2. The lowest BCUT2D eigenvalue weighted by molar-refractivity contribution is 0.274. The van der Waals surface area contributed by atoms with E-state index in [1.807, 2.05) is 12.1 Å². The summed E-state index contributed by atoms with van der Waals surface area (Å²) in [4.78, 5) is 2.34. The molecule has 1 aromatic carbocycles. The highest BCUT2D eigenvalue weighted by Gasteiger charge is 2.30. The standard InChI is InChI=1S/C16H25NOS/c1-11(2)10-19-16-9-12-5-6-14(18)7-13(12)8-15(16)17(3)4/h5-7,11,15-16,18H,8-10H2,1-4H3. The fourth-order valence-electron chi connectivity index (χ4n) is 2.71. The Labute approximate surface area is 121 Å². The lowest BCUT2D eigenvalue weighted by atomic mass is 9.87. The van der Waals surface area contributed by atoms with Crippen molar-refractivity contribution in [3.05, 3.63) is 29.3 Å². The van der Waals surface area contributed by atoms with Gasteiger partial charge in [-0.25, -0.2) is 0 Å². The van der Waals surface area contributed by atoms with Crippen LogP contribution >= 0.6 is 11.8 Å². The molecule has 0 aliphatic heterocycles. The van der Waals surface area contributed by atoms with Crippen LogP contribution in [0.15, 0.2) is 18.2 Å². The van der Waals surface area contributed by atoms with E-state index in [2.05, 4.69) is 50.7 Å². The zero-order chi connectivity index (χ0) is 14.0. The number of aromatic hydroxyl groups is 1. The average molecular weight is 279 g/mol. The molecular formula is C16H25NOS. The molecule has 2 rings (SSSR count). The molecule has 0 amide bonds. The summed E-state index contributed by atoms with van der Waals surface area (Å²) >= 11 is 2.11. The molecule has 1 aliphatic carbocycles. The second-order valence-corrected chi connectivity index (χ2v) is 7.43. The Hall–Kier alpha value is -0.670. The number of benzene rings is 1. The van der Waals surface area contributed by atoms with Crippen molar-refractivity contribution < 1.29 is 5.11 Å². The van der Waals surface area contributed by atoms with Gasteiger partial charge in [-0.2, -0.15) is 11.8 Å². The predicted molar refractivity (Wildman–Crippen MR) is 84.1 cm³/mol. The topological polar surface area (TPSA) is 23.5 Å². The van der Waals surface area contributed by atoms with E-state index < -0.39 is 0 Å². The van der Waals surface area contributed by atoms with E-state index in [-0.39, 0.29) is 0 Å². The van der Waals surface area contributed by atoms with E-state index in [4.69, 9.17) is 0 Å². The molecule has 1 aliphatic rings. The second-order valence-electron chi connectivity index (χ2n) is 6.16. The molecule has 2 atom stereocenters. The van der Waals surface area contributed by atoms with Crippen molar-refractivity contribution in [2.75, 3.05) is 19.8 Å². The van der Waals surface area contributed by atoms with Crippen LogP contribution in [0.4, 0.5) is 0 Å². The van der Waals surface area contributed by atoms with Gasteiger partial charge < -0.3 is 10.0 Å². The molecule has 2 unspecified atom stereocenters. The molecule has 0 radical (unpaired) electrons. The second kappa shape index (κ2) is 6.19. The lowest BCUT2D eigenvalue weighted by Crippen LogP contribution is -2.43. The molecular weight excluding hydrogens is 254 g/mol. The van der Waals surface area contributed by atoms with Crippen LogP contribution in [0.1, 0.15) is 25.0 Å². The van der Waals surface area contributed by atoms with Gasteiger partial charge in [-0.05, 0) is 61.9 Å². The van der Waals surface area contributed by atoms with Crippen LogP contribution in [0.2, 0.25) is 0 Å². The minimum Gasteiger partial charge on any atom is -0.508 e. The Morgan fingerprint density at radius 1 is 1.26 bits per heavy atom. The van der Waals surface area contributed by atoms with Crippen molar-refractivity contribution in [3.63, 3.8) is 0 Å². The van der Waals surface area contributed by atoms with Gasteiger partial charge in [0.2, 0.25) is 0 Å². The van der Waals surface area contributed by atoms with Gasteiger partial charge >= 0.3 is 0 Å². The van der Waals surface area contributed by atoms with Gasteiger partial charge in [-0.3, -0.25) is 0 Å². The van der Waals surface area contributed by atoms with Crippen molar-refractivity contribution in [1.82, 2.24) is 4.90 Å². The summed E-state index contributed by atoms with van der Waals surface area (Å²) in [6.45, 7) is 4.57. The van der Waals surface area contributed by atoms with Gasteiger partial charge in [-0.15, -0.1) is 0 Å². The van der Waals surface area contributed by atoms with Gasteiger partial charge in [0.25, 0.3) is 0 Å². The van der Waals surface area contributed by atoms with E-state index in [1.165, 1.54) is 16.9 Å². The van der Waals surface area contributed by atoms with Crippen LogP contribution in [0, 0.1) is 5.92 Å². The number of hydrogen-bond acceptors (Lipinski definition) is 3. The summed E-state index contributed by atoms with van der Waals surface area (Å²) in [5, 5.41) is 10.3. The van der Waals surface area contributed by atoms with Gasteiger partial charge in [0.05, 0.1) is 0 Å². The lowest BCUT2D eigenvalue weighted by Gasteiger charge is -2.37. The van der Waals surface area contributed by atoms with Gasteiger partial charge in [0.15, 0.2) is 0 Å². The zero-order valence-electron chi connectivity index (χ0n) is 12.4.